The highest BCUT2D eigenvalue weighted by Gasteiger charge is 2.18. The standard InChI is InChI=1S/C15H24N2O/c1-13(2)16-15(14-6-4-3-5-7-14)12-17-8-10-18-11-9-17/h3-7,13,15-16H,8-12H2,1-2H3. The number of hydrogen-bond donors (Lipinski definition) is 1. The van der Waals surface area contributed by atoms with Crippen LogP contribution in [0.25, 0.3) is 0 Å². The van der Waals surface area contributed by atoms with Gasteiger partial charge in [0.1, 0.15) is 0 Å². The lowest BCUT2D eigenvalue weighted by Crippen LogP contribution is -2.43. The minimum absolute atomic E-state index is 0.407. The van der Waals surface area contributed by atoms with Crippen molar-refractivity contribution in [2.45, 2.75) is 25.9 Å². The number of rotatable bonds is 5. The average molecular weight is 248 g/mol. The summed E-state index contributed by atoms with van der Waals surface area (Å²) in [5.74, 6) is 0. The molecule has 0 spiro atoms. The lowest BCUT2D eigenvalue weighted by Gasteiger charge is -2.32. The molecule has 0 amide bonds. The Kier molecular flexibility index (Phi) is 5.17. The van der Waals surface area contributed by atoms with Crippen LogP contribution < -0.4 is 5.32 Å². The Morgan fingerprint density at radius 3 is 2.44 bits per heavy atom. The largest absolute Gasteiger partial charge is 0.379 e. The van der Waals surface area contributed by atoms with Crippen molar-refractivity contribution in [2.24, 2.45) is 0 Å². The van der Waals surface area contributed by atoms with Crippen molar-refractivity contribution < 1.29 is 4.74 Å². The first-order valence-electron chi connectivity index (χ1n) is 6.87. The van der Waals surface area contributed by atoms with E-state index >= 15 is 0 Å². The highest BCUT2D eigenvalue weighted by Crippen LogP contribution is 2.15. The number of nitrogens with zero attached hydrogens (tertiary/aromatic N) is 1. The van der Waals surface area contributed by atoms with Gasteiger partial charge in [-0.15, -0.1) is 0 Å². The maximum absolute atomic E-state index is 5.41. The first-order chi connectivity index (χ1) is 8.75. The zero-order valence-electron chi connectivity index (χ0n) is 11.4. The summed E-state index contributed by atoms with van der Waals surface area (Å²) in [4.78, 5) is 2.48. The van der Waals surface area contributed by atoms with Gasteiger partial charge in [-0.25, -0.2) is 0 Å². The molecule has 18 heavy (non-hydrogen) atoms. The molecule has 0 saturated carbocycles. The van der Waals surface area contributed by atoms with Crippen molar-refractivity contribution in [3.05, 3.63) is 35.9 Å². The van der Waals surface area contributed by atoms with Gasteiger partial charge >= 0.3 is 0 Å². The molecule has 1 fully saturated rings. The van der Waals surface area contributed by atoms with Gasteiger partial charge in [0.25, 0.3) is 0 Å². The van der Waals surface area contributed by atoms with Crippen LogP contribution in [0.5, 0.6) is 0 Å². The summed E-state index contributed by atoms with van der Waals surface area (Å²) in [6.45, 7) is 9.29. The van der Waals surface area contributed by atoms with Gasteiger partial charge in [0.05, 0.1) is 13.2 Å². The van der Waals surface area contributed by atoms with Crippen LogP contribution in [0.2, 0.25) is 0 Å². The van der Waals surface area contributed by atoms with E-state index in [4.69, 9.17) is 4.74 Å². The zero-order valence-corrected chi connectivity index (χ0v) is 11.4. The molecule has 0 aliphatic carbocycles. The summed E-state index contributed by atoms with van der Waals surface area (Å²) >= 11 is 0. The summed E-state index contributed by atoms with van der Waals surface area (Å²) in [7, 11) is 0. The lowest BCUT2D eigenvalue weighted by atomic mass is 10.1. The van der Waals surface area contributed by atoms with Crippen molar-refractivity contribution in [3.8, 4) is 0 Å². The van der Waals surface area contributed by atoms with E-state index in [2.05, 4.69) is 54.4 Å². The van der Waals surface area contributed by atoms with E-state index in [0.29, 0.717) is 12.1 Å². The normalized spacial score (nSPS) is 19.1. The molecule has 1 heterocycles. The number of benzene rings is 1. The van der Waals surface area contributed by atoms with Gasteiger partial charge in [0.2, 0.25) is 0 Å². The Balaban J connectivity index is 2.00. The van der Waals surface area contributed by atoms with Crippen molar-refractivity contribution in [2.75, 3.05) is 32.8 Å². The van der Waals surface area contributed by atoms with E-state index in [1.54, 1.807) is 0 Å². The van der Waals surface area contributed by atoms with Crippen LogP contribution in [0.4, 0.5) is 0 Å². The highest BCUT2D eigenvalue weighted by atomic mass is 16.5. The van der Waals surface area contributed by atoms with Crippen molar-refractivity contribution in [1.82, 2.24) is 10.2 Å². The Bertz CT molecular complexity index is 334. The molecule has 1 unspecified atom stereocenters. The third kappa shape index (κ3) is 4.09. The van der Waals surface area contributed by atoms with E-state index in [1.807, 2.05) is 0 Å². The second kappa shape index (κ2) is 6.88. The van der Waals surface area contributed by atoms with E-state index in [-0.39, 0.29) is 0 Å². The van der Waals surface area contributed by atoms with Crippen molar-refractivity contribution >= 4 is 0 Å². The Labute approximate surface area is 110 Å². The zero-order chi connectivity index (χ0) is 12.8. The third-order valence-electron chi connectivity index (χ3n) is 3.28. The molecule has 1 aliphatic heterocycles. The van der Waals surface area contributed by atoms with Crippen molar-refractivity contribution in [3.63, 3.8) is 0 Å². The Hall–Kier alpha value is -0.900. The average Bonchev–Trinajstić information content (AvgIpc) is 2.40. The van der Waals surface area contributed by atoms with Gasteiger partial charge in [0.15, 0.2) is 0 Å². The second-order valence-electron chi connectivity index (χ2n) is 5.20. The first-order valence-corrected chi connectivity index (χ1v) is 6.87. The van der Waals surface area contributed by atoms with Gasteiger partial charge < -0.3 is 10.1 Å². The predicted molar refractivity (Wildman–Crippen MR) is 74.7 cm³/mol. The van der Waals surface area contributed by atoms with Gasteiger partial charge in [-0.3, -0.25) is 4.90 Å². The van der Waals surface area contributed by atoms with Crippen molar-refractivity contribution in [1.29, 1.82) is 0 Å². The van der Waals surface area contributed by atoms with Gasteiger partial charge in [-0.1, -0.05) is 44.2 Å². The summed E-state index contributed by atoms with van der Waals surface area (Å²) in [6, 6.07) is 11.6. The molecule has 1 N–H and O–H groups in total. The Morgan fingerprint density at radius 2 is 1.83 bits per heavy atom. The van der Waals surface area contributed by atoms with Crippen LogP contribution in [0.15, 0.2) is 30.3 Å². The molecule has 1 aromatic carbocycles. The number of ether oxygens (including phenoxy) is 1. The van der Waals surface area contributed by atoms with Crippen LogP contribution >= 0.6 is 0 Å². The number of hydrogen-bond acceptors (Lipinski definition) is 3. The SMILES string of the molecule is CC(C)NC(CN1CCOCC1)c1ccccc1. The second-order valence-corrected chi connectivity index (χ2v) is 5.20. The molecule has 1 aliphatic rings. The molecular formula is C15H24N2O. The molecule has 1 aromatic rings. The summed E-state index contributed by atoms with van der Waals surface area (Å²) in [5, 5.41) is 3.66. The maximum atomic E-state index is 5.41. The minimum Gasteiger partial charge on any atom is -0.379 e. The molecule has 0 aromatic heterocycles. The topological polar surface area (TPSA) is 24.5 Å². The molecule has 3 nitrogen and oxygen atoms in total. The third-order valence-corrected chi connectivity index (χ3v) is 3.28. The Morgan fingerprint density at radius 1 is 1.17 bits per heavy atom. The fraction of sp³-hybridized carbons (Fsp3) is 0.600. The molecule has 0 bridgehead atoms. The van der Waals surface area contributed by atoms with Gasteiger partial charge in [-0.2, -0.15) is 0 Å². The molecule has 100 valence electrons. The molecule has 0 radical (unpaired) electrons. The monoisotopic (exact) mass is 248 g/mol. The maximum Gasteiger partial charge on any atom is 0.0594 e. The predicted octanol–water partition coefficient (Wildman–Crippen LogP) is 2.06. The van der Waals surface area contributed by atoms with E-state index < -0.39 is 0 Å². The quantitative estimate of drug-likeness (QED) is 0.863. The fourth-order valence-electron chi connectivity index (χ4n) is 2.38. The summed E-state index contributed by atoms with van der Waals surface area (Å²) in [5.41, 5.74) is 1.37. The fourth-order valence-corrected chi connectivity index (χ4v) is 2.38. The van der Waals surface area contributed by atoms with Crippen LogP contribution in [0, 0.1) is 0 Å². The van der Waals surface area contributed by atoms with Gasteiger partial charge in [-0.05, 0) is 5.56 Å². The van der Waals surface area contributed by atoms with Crippen LogP contribution in [-0.4, -0.2) is 43.8 Å². The van der Waals surface area contributed by atoms with Crippen LogP contribution in [0.3, 0.4) is 0 Å². The molecule has 2 rings (SSSR count). The smallest absolute Gasteiger partial charge is 0.0594 e. The molecule has 1 atom stereocenters. The highest BCUT2D eigenvalue weighted by molar-refractivity contribution is 5.19. The lowest BCUT2D eigenvalue weighted by molar-refractivity contribution is 0.0330. The van der Waals surface area contributed by atoms with Crippen LogP contribution in [0.1, 0.15) is 25.5 Å². The summed E-state index contributed by atoms with van der Waals surface area (Å²) < 4.78 is 5.41. The summed E-state index contributed by atoms with van der Waals surface area (Å²) in [6.07, 6.45) is 0. The van der Waals surface area contributed by atoms with Gasteiger partial charge in [0, 0.05) is 31.7 Å². The van der Waals surface area contributed by atoms with Crippen LogP contribution in [-0.2, 0) is 4.74 Å². The van der Waals surface area contributed by atoms with E-state index in [9.17, 15) is 0 Å². The van der Waals surface area contributed by atoms with E-state index in [0.717, 1.165) is 32.8 Å². The number of morpholine rings is 1. The molecular weight excluding hydrogens is 224 g/mol. The first kappa shape index (κ1) is 13.5. The number of nitrogens with one attached hydrogen (secondary N) is 1. The molecule has 1 saturated heterocycles. The molecule has 3 heteroatoms. The minimum atomic E-state index is 0.407. The van der Waals surface area contributed by atoms with E-state index in [1.165, 1.54) is 5.56 Å².